The molecule has 0 aliphatic heterocycles. The van der Waals surface area contributed by atoms with Crippen molar-refractivity contribution in [2.75, 3.05) is 26.8 Å². The van der Waals surface area contributed by atoms with Crippen LogP contribution in [0.4, 0.5) is 5.69 Å². The maximum absolute atomic E-state index is 12.3. The third-order valence-electron chi connectivity index (χ3n) is 2.56. The molecule has 0 saturated carbocycles. The van der Waals surface area contributed by atoms with Crippen LogP contribution in [0.2, 0.25) is 5.02 Å². The molecule has 1 rings (SSSR count). The third kappa shape index (κ3) is 4.69. The van der Waals surface area contributed by atoms with Crippen molar-refractivity contribution in [1.82, 2.24) is 4.90 Å². The average Bonchev–Trinajstić information content (AvgIpc) is 2.41. The maximum Gasteiger partial charge on any atom is 0.323 e. The van der Waals surface area contributed by atoms with E-state index in [0.29, 0.717) is 0 Å². The van der Waals surface area contributed by atoms with E-state index in [1.807, 2.05) is 0 Å². The molecule has 21 heavy (non-hydrogen) atoms. The molecule has 0 unspecified atom stereocenters. The summed E-state index contributed by atoms with van der Waals surface area (Å²) in [6, 6.07) is 3.53. The van der Waals surface area contributed by atoms with E-state index in [0.717, 1.165) is 17.0 Å². The smallest absolute Gasteiger partial charge is 0.323 e. The van der Waals surface area contributed by atoms with Gasteiger partial charge in [-0.25, -0.2) is 0 Å². The normalized spacial score (nSPS) is 10.2. The molecule has 1 aromatic carbocycles. The second-order valence-corrected chi connectivity index (χ2v) is 4.47. The second kappa shape index (κ2) is 7.55. The Morgan fingerprint density at radius 3 is 2.67 bits per heavy atom. The Bertz CT molecular complexity index is 563. The van der Waals surface area contributed by atoms with Crippen molar-refractivity contribution in [3.63, 3.8) is 0 Å². The van der Waals surface area contributed by atoms with Crippen molar-refractivity contribution in [3.05, 3.63) is 38.9 Å². The van der Waals surface area contributed by atoms with Crippen LogP contribution in [0.15, 0.2) is 18.2 Å². The quantitative estimate of drug-likeness (QED) is 0.601. The van der Waals surface area contributed by atoms with Crippen LogP contribution < -0.4 is 0 Å². The van der Waals surface area contributed by atoms with Crippen molar-refractivity contribution in [3.8, 4) is 0 Å². The molecule has 0 atom stereocenters. The van der Waals surface area contributed by atoms with Crippen molar-refractivity contribution >= 4 is 29.2 Å². The van der Waals surface area contributed by atoms with E-state index in [9.17, 15) is 19.7 Å². The summed E-state index contributed by atoms with van der Waals surface area (Å²) in [7, 11) is 1.39. The number of nitrogens with zero attached hydrogens (tertiary/aromatic N) is 2. The van der Waals surface area contributed by atoms with Crippen LogP contribution in [0.3, 0.4) is 0 Å². The number of hydrogen-bond acceptors (Lipinski definition) is 5. The van der Waals surface area contributed by atoms with E-state index in [4.69, 9.17) is 21.4 Å². The van der Waals surface area contributed by atoms with Gasteiger partial charge < -0.3 is 14.7 Å². The molecule has 1 amide bonds. The van der Waals surface area contributed by atoms with Crippen LogP contribution in [0.25, 0.3) is 0 Å². The standard InChI is InChI=1S/C12H13ClN2O6/c1-21-5-4-14(7-11(16)17)12(18)9-6-8(13)2-3-10(9)15(19)20/h2-3,6H,4-5,7H2,1H3,(H,16,17). The zero-order valence-electron chi connectivity index (χ0n) is 11.1. The number of carboxylic acids is 1. The Kier molecular flexibility index (Phi) is 6.07. The SMILES string of the molecule is COCCN(CC(=O)O)C(=O)c1cc(Cl)ccc1[N+](=O)[O-]. The number of amides is 1. The number of carboxylic acid groups (broad SMARTS) is 1. The van der Waals surface area contributed by atoms with Gasteiger partial charge in [0, 0.05) is 24.7 Å². The Labute approximate surface area is 125 Å². The van der Waals surface area contributed by atoms with Gasteiger partial charge in [0.25, 0.3) is 11.6 Å². The number of carbonyl (C=O) groups excluding carboxylic acids is 1. The van der Waals surface area contributed by atoms with Crippen molar-refractivity contribution in [2.24, 2.45) is 0 Å². The number of aliphatic carboxylic acids is 1. The Hall–Kier alpha value is -2.19. The van der Waals surface area contributed by atoms with E-state index >= 15 is 0 Å². The van der Waals surface area contributed by atoms with E-state index in [-0.39, 0.29) is 23.7 Å². The van der Waals surface area contributed by atoms with Crippen LogP contribution in [0, 0.1) is 10.1 Å². The number of hydrogen-bond donors (Lipinski definition) is 1. The van der Waals surface area contributed by atoms with Gasteiger partial charge >= 0.3 is 5.97 Å². The average molecular weight is 317 g/mol. The summed E-state index contributed by atoms with van der Waals surface area (Å²) in [6.45, 7) is -0.495. The van der Waals surface area contributed by atoms with E-state index in [1.165, 1.54) is 13.2 Å². The fourth-order valence-corrected chi connectivity index (χ4v) is 1.80. The highest BCUT2D eigenvalue weighted by Crippen LogP contribution is 2.24. The Morgan fingerprint density at radius 2 is 2.14 bits per heavy atom. The van der Waals surface area contributed by atoms with Gasteiger partial charge in [-0.05, 0) is 12.1 Å². The summed E-state index contributed by atoms with van der Waals surface area (Å²) >= 11 is 5.75. The highest BCUT2D eigenvalue weighted by atomic mass is 35.5. The topological polar surface area (TPSA) is 110 Å². The first-order valence-corrected chi connectivity index (χ1v) is 6.18. The van der Waals surface area contributed by atoms with Crippen LogP contribution in [-0.2, 0) is 9.53 Å². The zero-order valence-corrected chi connectivity index (χ0v) is 11.9. The summed E-state index contributed by atoms with van der Waals surface area (Å²) in [5, 5.41) is 19.9. The minimum Gasteiger partial charge on any atom is -0.480 e. The van der Waals surface area contributed by atoms with E-state index < -0.39 is 29.0 Å². The molecule has 0 aromatic heterocycles. The lowest BCUT2D eigenvalue weighted by Gasteiger charge is -2.20. The van der Waals surface area contributed by atoms with Crippen LogP contribution in [0.5, 0.6) is 0 Å². The van der Waals surface area contributed by atoms with Gasteiger partial charge in [-0.3, -0.25) is 19.7 Å². The van der Waals surface area contributed by atoms with Gasteiger partial charge in [0.2, 0.25) is 0 Å². The van der Waals surface area contributed by atoms with Gasteiger partial charge in [0.05, 0.1) is 11.5 Å². The first-order valence-electron chi connectivity index (χ1n) is 5.80. The molecular formula is C12H13ClN2O6. The number of benzene rings is 1. The fraction of sp³-hybridized carbons (Fsp3) is 0.333. The number of rotatable bonds is 7. The Morgan fingerprint density at radius 1 is 1.48 bits per heavy atom. The van der Waals surface area contributed by atoms with Crippen LogP contribution in [-0.4, -0.2) is 53.6 Å². The van der Waals surface area contributed by atoms with Crippen molar-refractivity contribution in [2.45, 2.75) is 0 Å². The second-order valence-electron chi connectivity index (χ2n) is 4.03. The fourth-order valence-electron chi connectivity index (χ4n) is 1.63. The molecular weight excluding hydrogens is 304 g/mol. The van der Waals surface area contributed by atoms with Crippen molar-refractivity contribution < 1.29 is 24.4 Å². The number of nitro benzene ring substituents is 1. The lowest BCUT2D eigenvalue weighted by atomic mass is 10.1. The number of nitro groups is 1. The summed E-state index contributed by atoms with van der Waals surface area (Å²) in [6.07, 6.45) is 0. The molecule has 0 heterocycles. The molecule has 0 spiro atoms. The zero-order chi connectivity index (χ0) is 16.0. The van der Waals surface area contributed by atoms with E-state index in [2.05, 4.69) is 0 Å². The molecule has 0 fully saturated rings. The molecule has 0 aliphatic carbocycles. The molecule has 9 heteroatoms. The first-order chi connectivity index (χ1) is 9.86. The summed E-state index contributed by atoms with van der Waals surface area (Å²) in [5.74, 6) is -2.02. The maximum atomic E-state index is 12.3. The van der Waals surface area contributed by atoms with Crippen LogP contribution >= 0.6 is 11.6 Å². The van der Waals surface area contributed by atoms with Gasteiger partial charge in [-0.2, -0.15) is 0 Å². The number of carbonyl (C=O) groups is 2. The van der Waals surface area contributed by atoms with E-state index in [1.54, 1.807) is 0 Å². The molecule has 0 aliphatic rings. The van der Waals surface area contributed by atoms with Gasteiger partial charge in [-0.15, -0.1) is 0 Å². The highest BCUT2D eigenvalue weighted by Gasteiger charge is 2.26. The molecule has 0 radical (unpaired) electrons. The monoisotopic (exact) mass is 316 g/mol. The van der Waals surface area contributed by atoms with Gasteiger partial charge in [-0.1, -0.05) is 11.6 Å². The van der Waals surface area contributed by atoms with Gasteiger partial charge in [0.1, 0.15) is 12.1 Å². The summed E-state index contributed by atoms with van der Waals surface area (Å²) in [4.78, 5) is 34.3. The number of methoxy groups -OCH3 is 1. The molecule has 1 N–H and O–H groups in total. The highest BCUT2D eigenvalue weighted by molar-refractivity contribution is 6.31. The molecule has 0 saturated heterocycles. The Balaban J connectivity index is 3.15. The molecule has 114 valence electrons. The molecule has 1 aromatic rings. The lowest BCUT2D eigenvalue weighted by Crippen LogP contribution is -2.38. The number of halogens is 1. The summed E-state index contributed by atoms with van der Waals surface area (Å²) in [5.41, 5.74) is -0.693. The minimum atomic E-state index is -1.23. The lowest BCUT2D eigenvalue weighted by molar-refractivity contribution is -0.385. The molecule has 0 bridgehead atoms. The molecule has 8 nitrogen and oxygen atoms in total. The third-order valence-corrected chi connectivity index (χ3v) is 2.80. The number of ether oxygens (including phenoxy) is 1. The largest absolute Gasteiger partial charge is 0.480 e. The first kappa shape index (κ1) is 16.9. The predicted molar refractivity (Wildman–Crippen MR) is 73.5 cm³/mol. The minimum absolute atomic E-state index is 0.00863. The van der Waals surface area contributed by atoms with Gasteiger partial charge in [0.15, 0.2) is 0 Å². The summed E-state index contributed by atoms with van der Waals surface area (Å²) < 4.78 is 4.79. The van der Waals surface area contributed by atoms with Crippen molar-refractivity contribution in [1.29, 1.82) is 0 Å². The predicted octanol–water partition coefficient (Wildman–Crippen LogP) is 1.42. The van der Waals surface area contributed by atoms with Crippen LogP contribution in [0.1, 0.15) is 10.4 Å².